The van der Waals surface area contributed by atoms with Crippen LogP contribution in [-0.4, -0.2) is 46.0 Å². The molecule has 0 atom stereocenters. The summed E-state index contributed by atoms with van der Waals surface area (Å²) in [7, 11) is 1.97. The van der Waals surface area contributed by atoms with E-state index < -0.39 is 10.9 Å². The van der Waals surface area contributed by atoms with Crippen molar-refractivity contribution in [2.75, 3.05) is 30.4 Å². The van der Waals surface area contributed by atoms with Crippen LogP contribution in [-0.2, 0) is 11.3 Å². The molecule has 0 aliphatic carbocycles. The summed E-state index contributed by atoms with van der Waals surface area (Å²) in [6, 6.07) is 15.9. The monoisotopic (exact) mass is 505 g/mol. The molecule has 1 amide bonds. The summed E-state index contributed by atoms with van der Waals surface area (Å²) < 4.78 is 14.4. The molecule has 7 nitrogen and oxygen atoms in total. The van der Waals surface area contributed by atoms with Gasteiger partial charge in [-0.15, -0.1) is 0 Å². The van der Waals surface area contributed by atoms with Gasteiger partial charge in [-0.05, 0) is 56.3 Å². The van der Waals surface area contributed by atoms with Crippen LogP contribution >= 0.6 is 11.8 Å². The van der Waals surface area contributed by atoms with Crippen molar-refractivity contribution in [3.05, 3.63) is 94.2 Å². The van der Waals surface area contributed by atoms with Crippen molar-refractivity contribution >= 4 is 34.3 Å². The van der Waals surface area contributed by atoms with E-state index in [4.69, 9.17) is 0 Å². The van der Waals surface area contributed by atoms with Crippen LogP contribution in [0.2, 0.25) is 0 Å². The molecule has 0 bridgehead atoms. The van der Waals surface area contributed by atoms with Gasteiger partial charge in [0.25, 0.3) is 0 Å². The average Bonchev–Trinajstić information content (AvgIpc) is 3.05. The molecule has 0 unspecified atom stereocenters. The summed E-state index contributed by atoms with van der Waals surface area (Å²) in [5.41, 5.74) is 2.50. The minimum Gasteiger partial charge on any atom is -0.374 e. The molecule has 1 aromatic heterocycles. The molecule has 0 saturated carbocycles. The van der Waals surface area contributed by atoms with E-state index in [1.807, 2.05) is 44.3 Å². The van der Waals surface area contributed by atoms with E-state index in [0.717, 1.165) is 23.0 Å². The van der Waals surface area contributed by atoms with Gasteiger partial charge in [0, 0.05) is 41.6 Å². The predicted octanol–water partition coefficient (Wildman–Crippen LogP) is 5.01. The first-order valence-electron chi connectivity index (χ1n) is 11.6. The zero-order valence-electron chi connectivity index (χ0n) is 20.5. The average molecular weight is 506 g/mol. The maximum absolute atomic E-state index is 14.4. The number of amides is 1. The van der Waals surface area contributed by atoms with Crippen LogP contribution in [0.1, 0.15) is 35.1 Å². The number of hydrogen-bond donors (Lipinski definition) is 1. The Bertz CT molecular complexity index is 1300. The minimum atomic E-state index is -0.565. The van der Waals surface area contributed by atoms with Crippen molar-refractivity contribution < 1.29 is 14.0 Å². The molecule has 2 heterocycles. The number of nitrogens with zero attached hydrogens (tertiary/aromatic N) is 4. The van der Waals surface area contributed by atoms with Crippen molar-refractivity contribution in [2.45, 2.75) is 26.8 Å². The molecule has 0 radical (unpaired) electrons. The summed E-state index contributed by atoms with van der Waals surface area (Å²) in [5, 5.41) is 2.69. The first kappa shape index (κ1) is 25.4. The number of allylic oxidation sites excluding steroid dienone is 1. The number of fused-ring (bicyclic) bond motifs is 1. The van der Waals surface area contributed by atoms with E-state index in [9.17, 15) is 14.0 Å². The molecule has 0 spiro atoms. The van der Waals surface area contributed by atoms with Crippen molar-refractivity contribution in [3.8, 4) is 0 Å². The maximum Gasteiger partial charge on any atom is 0.246 e. The quantitative estimate of drug-likeness (QED) is 0.484. The second-order valence-electron chi connectivity index (χ2n) is 8.51. The van der Waals surface area contributed by atoms with E-state index in [-0.39, 0.29) is 24.6 Å². The van der Waals surface area contributed by atoms with Crippen LogP contribution in [0, 0.1) is 12.7 Å². The fraction of sp³-hybridized carbons (Fsp3) is 0.259. The van der Waals surface area contributed by atoms with Crippen molar-refractivity contribution in [1.82, 2.24) is 14.9 Å². The molecule has 1 aliphatic heterocycles. The number of thioether (sulfide) groups is 1. The lowest BCUT2D eigenvalue weighted by Crippen LogP contribution is -2.32. The van der Waals surface area contributed by atoms with Gasteiger partial charge in [-0.25, -0.2) is 14.4 Å². The molecule has 186 valence electrons. The lowest BCUT2D eigenvalue weighted by Gasteiger charge is -2.26. The van der Waals surface area contributed by atoms with E-state index in [1.165, 1.54) is 12.1 Å². The molecule has 4 rings (SSSR count). The van der Waals surface area contributed by atoms with Crippen LogP contribution in [0.15, 0.2) is 71.4 Å². The van der Waals surface area contributed by atoms with Gasteiger partial charge in [-0.1, -0.05) is 30.3 Å². The molecule has 0 saturated heterocycles. The highest BCUT2D eigenvalue weighted by Crippen LogP contribution is 2.32. The molecule has 1 aliphatic rings. The zero-order chi connectivity index (χ0) is 25.7. The number of carbonyl (C=O) groups excluding carboxylic acids is 2. The first-order chi connectivity index (χ1) is 17.3. The maximum atomic E-state index is 14.4. The number of halogens is 1. The van der Waals surface area contributed by atoms with Crippen molar-refractivity contribution in [1.29, 1.82) is 0 Å². The number of aromatic nitrogens is 2. The third-order valence-electron chi connectivity index (χ3n) is 6.01. The van der Waals surface area contributed by atoms with Gasteiger partial charge in [0.15, 0.2) is 0 Å². The van der Waals surface area contributed by atoms with Crippen molar-refractivity contribution in [3.63, 3.8) is 0 Å². The van der Waals surface area contributed by atoms with Gasteiger partial charge in [0.2, 0.25) is 11.0 Å². The second-order valence-corrected chi connectivity index (χ2v) is 9.58. The molecule has 3 aromatic rings. The largest absolute Gasteiger partial charge is 0.374 e. The summed E-state index contributed by atoms with van der Waals surface area (Å²) >= 11 is 0.972. The molecule has 36 heavy (non-hydrogen) atoms. The van der Waals surface area contributed by atoms with Crippen LogP contribution in [0.4, 0.5) is 15.9 Å². The topological polar surface area (TPSA) is 78.4 Å². The third kappa shape index (κ3) is 5.91. The minimum absolute atomic E-state index is 0.0160. The third-order valence-corrected chi connectivity index (χ3v) is 7.16. The number of rotatable bonds is 7. The lowest BCUT2D eigenvalue weighted by molar-refractivity contribution is -0.127. The number of benzene rings is 2. The Morgan fingerprint density at radius 1 is 1.17 bits per heavy atom. The van der Waals surface area contributed by atoms with Crippen LogP contribution in [0.25, 0.3) is 0 Å². The van der Waals surface area contributed by atoms with Crippen molar-refractivity contribution in [2.24, 2.45) is 0 Å². The molecule has 9 heteroatoms. The van der Waals surface area contributed by atoms with Gasteiger partial charge in [0.05, 0.1) is 18.7 Å². The Morgan fingerprint density at radius 3 is 2.64 bits per heavy atom. The smallest absolute Gasteiger partial charge is 0.246 e. The number of carbonyl (C=O) groups is 2. The Morgan fingerprint density at radius 2 is 1.89 bits per heavy atom. The van der Waals surface area contributed by atoms with Crippen LogP contribution in [0.3, 0.4) is 0 Å². The predicted molar refractivity (Wildman–Crippen MR) is 141 cm³/mol. The Balaban J connectivity index is 1.65. The molecular formula is C27H28FN5O2S. The Kier molecular flexibility index (Phi) is 8.00. The summed E-state index contributed by atoms with van der Waals surface area (Å²) in [6.45, 7) is 4.58. The first-order valence-corrected chi connectivity index (χ1v) is 12.4. The van der Waals surface area contributed by atoms with Gasteiger partial charge >= 0.3 is 0 Å². The SMILES string of the molecule is C/C(=C(\CCN(C)c1ccccc1)SC(=O)c1ccccc1F)N1Cc2cnc(C)nc2NCC1=O. The van der Waals surface area contributed by atoms with Crippen LogP contribution < -0.4 is 10.2 Å². The highest BCUT2D eigenvalue weighted by atomic mass is 32.2. The van der Waals surface area contributed by atoms with E-state index in [0.29, 0.717) is 35.2 Å². The van der Waals surface area contributed by atoms with Gasteiger partial charge in [-0.2, -0.15) is 0 Å². The summed E-state index contributed by atoms with van der Waals surface area (Å²) in [5.74, 6) is 0.539. The number of anilines is 2. The van der Waals surface area contributed by atoms with Gasteiger partial charge in [-0.3, -0.25) is 9.59 Å². The highest BCUT2D eigenvalue weighted by molar-refractivity contribution is 8.17. The Hall–Kier alpha value is -3.72. The fourth-order valence-electron chi connectivity index (χ4n) is 3.91. The van der Waals surface area contributed by atoms with Gasteiger partial charge < -0.3 is 15.1 Å². The highest BCUT2D eigenvalue weighted by Gasteiger charge is 2.26. The summed E-state index contributed by atoms with van der Waals surface area (Å²) in [6.07, 6.45) is 2.21. The standard InChI is InChI=1S/C27H28FN5O2S/c1-18(33-17-20-15-29-19(2)31-26(20)30-16-25(33)34)24(13-14-32(3)21-9-5-4-6-10-21)36-27(35)22-11-7-8-12-23(22)28/h4-12,15H,13-14,16-17H2,1-3H3,(H,29,30,31)/b24-18-. The Labute approximate surface area is 214 Å². The van der Waals surface area contributed by atoms with E-state index >= 15 is 0 Å². The van der Waals surface area contributed by atoms with E-state index in [2.05, 4.69) is 20.2 Å². The molecule has 2 aromatic carbocycles. The number of hydrogen-bond acceptors (Lipinski definition) is 7. The lowest BCUT2D eigenvalue weighted by atomic mass is 10.2. The number of para-hydroxylation sites is 1. The summed E-state index contributed by atoms with van der Waals surface area (Å²) in [4.78, 5) is 39.3. The zero-order valence-corrected chi connectivity index (χ0v) is 21.3. The molecule has 1 N–H and O–H groups in total. The van der Waals surface area contributed by atoms with Gasteiger partial charge in [0.1, 0.15) is 17.5 Å². The number of nitrogens with one attached hydrogen (secondary N) is 1. The number of aryl methyl sites for hydroxylation is 1. The molecular weight excluding hydrogens is 477 g/mol. The van der Waals surface area contributed by atoms with E-state index in [1.54, 1.807) is 30.2 Å². The molecule has 0 fully saturated rings. The fourth-order valence-corrected chi connectivity index (χ4v) is 4.86. The van der Waals surface area contributed by atoms with Crippen LogP contribution in [0.5, 0.6) is 0 Å². The normalized spacial score (nSPS) is 13.9. The second kappa shape index (κ2) is 11.3.